The van der Waals surface area contributed by atoms with Gasteiger partial charge < -0.3 is 14.8 Å². The van der Waals surface area contributed by atoms with E-state index in [1.165, 1.54) is 5.56 Å². The van der Waals surface area contributed by atoms with Crippen LogP contribution in [-0.2, 0) is 13.2 Å². The Morgan fingerprint density at radius 2 is 1.71 bits per heavy atom. The Bertz CT molecular complexity index is 626. The van der Waals surface area contributed by atoms with E-state index >= 15 is 0 Å². The molecule has 24 heavy (non-hydrogen) atoms. The maximum absolute atomic E-state index is 5.93. The lowest BCUT2D eigenvalue weighted by Crippen LogP contribution is -2.12. The Labute approximate surface area is 151 Å². The van der Waals surface area contributed by atoms with Crippen molar-refractivity contribution < 1.29 is 9.47 Å². The number of aryl methyl sites for hydroxylation is 1. The molecule has 0 heterocycles. The van der Waals surface area contributed by atoms with Crippen LogP contribution in [0.4, 0.5) is 0 Å². The topological polar surface area (TPSA) is 30.5 Å². The van der Waals surface area contributed by atoms with Crippen molar-refractivity contribution in [3.63, 3.8) is 0 Å². The van der Waals surface area contributed by atoms with Gasteiger partial charge in [-0.25, -0.2) is 0 Å². The van der Waals surface area contributed by atoms with E-state index in [2.05, 4.69) is 49.2 Å². The zero-order valence-corrected chi connectivity index (χ0v) is 15.2. The molecule has 1 N–H and O–H groups in total. The lowest BCUT2D eigenvalue weighted by Gasteiger charge is -2.14. The number of rotatable bonds is 9. The van der Waals surface area contributed by atoms with Gasteiger partial charge in [-0.2, -0.15) is 0 Å². The molecule has 0 atom stereocenters. The Balaban J connectivity index is 0.00000288. The summed E-state index contributed by atoms with van der Waals surface area (Å²) in [5.74, 6) is 1.57. The van der Waals surface area contributed by atoms with Crippen LogP contribution in [0, 0.1) is 6.92 Å². The van der Waals surface area contributed by atoms with Crippen molar-refractivity contribution >= 4 is 12.4 Å². The third-order valence-electron chi connectivity index (χ3n) is 3.44. The minimum atomic E-state index is 0. The maximum atomic E-state index is 5.93. The van der Waals surface area contributed by atoms with Gasteiger partial charge in [-0.05, 0) is 37.1 Å². The molecule has 0 bridgehead atoms. The number of hydrogen-bond acceptors (Lipinski definition) is 3. The van der Waals surface area contributed by atoms with Crippen LogP contribution in [0.25, 0.3) is 0 Å². The molecule has 0 aliphatic heterocycles. The van der Waals surface area contributed by atoms with Crippen molar-refractivity contribution in [2.45, 2.75) is 27.0 Å². The molecule has 0 saturated carbocycles. The number of nitrogens with one attached hydrogen (secondary N) is 1. The minimum absolute atomic E-state index is 0. The fourth-order valence-electron chi connectivity index (χ4n) is 2.21. The largest absolute Gasteiger partial charge is 0.490 e. The zero-order valence-electron chi connectivity index (χ0n) is 14.4. The Morgan fingerprint density at radius 3 is 2.38 bits per heavy atom. The van der Waals surface area contributed by atoms with Crippen LogP contribution >= 0.6 is 12.4 Å². The number of hydrogen-bond donors (Lipinski definition) is 1. The van der Waals surface area contributed by atoms with E-state index in [0.717, 1.165) is 35.7 Å². The second-order valence-electron chi connectivity index (χ2n) is 5.41. The average molecular weight is 348 g/mol. The molecular formula is C20H26ClNO2. The second-order valence-corrected chi connectivity index (χ2v) is 5.41. The van der Waals surface area contributed by atoms with Gasteiger partial charge in [0.25, 0.3) is 0 Å². The van der Waals surface area contributed by atoms with E-state index in [9.17, 15) is 0 Å². The monoisotopic (exact) mass is 347 g/mol. The van der Waals surface area contributed by atoms with Crippen molar-refractivity contribution in [3.8, 4) is 11.5 Å². The van der Waals surface area contributed by atoms with Gasteiger partial charge in [0.2, 0.25) is 0 Å². The molecule has 0 fully saturated rings. The van der Waals surface area contributed by atoms with Crippen LogP contribution < -0.4 is 14.8 Å². The van der Waals surface area contributed by atoms with Gasteiger partial charge in [0.05, 0.1) is 6.61 Å². The number of ether oxygens (including phenoxy) is 2. The predicted molar refractivity (Wildman–Crippen MR) is 102 cm³/mol. The number of halogens is 1. The van der Waals surface area contributed by atoms with E-state index in [1.54, 1.807) is 0 Å². The van der Waals surface area contributed by atoms with Crippen LogP contribution in [0.15, 0.2) is 55.1 Å². The first kappa shape index (κ1) is 20.1. The van der Waals surface area contributed by atoms with Crippen molar-refractivity contribution in [3.05, 3.63) is 71.8 Å². The Hall–Kier alpha value is -1.97. The molecule has 0 aliphatic carbocycles. The normalized spacial score (nSPS) is 9.92. The quantitative estimate of drug-likeness (QED) is 0.528. The summed E-state index contributed by atoms with van der Waals surface area (Å²) in [5, 5.41) is 3.29. The highest BCUT2D eigenvalue weighted by molar-refractivity contribution is 5.85. The molecule has 0 amide bonds. The SMILES string of the molecule is C=CCNCc1ccc(OCc2ccc(C)cc2)c(OCC)c1.Cl. The van der Waals surface area contributed by atoms with Gasteiger partial charge in [-0.3, -0.25) is 0 Å². The van der Waals surface area contributed by atoms with Crippen LogP contribution in [0.2, 0.25) is 0 Å². The van der Waals surface area contributed by atoms with Crippen LogP contribution in [0.3, 0.4) is 0 Å². The van der Waals surface area contributed by atoms with Crippen LogP contribution in [0.1, 0.15) is 23.6 Å². The van der Waals surface area contributed by atoms with Crippen molar-refractivity contribution in [2.24, 2.45) is 0 Å². The van der Waals surface area contributed by atoms with E-state index in [1.807, 2.05) is 25.1 Å². The first-order valence-corrected chi connectivity index (χ1v) is 7.98. The second kappa shape index (κ2) is 10.7. The molecule has 0 spiro atoms. The summed E-state index contributed by atoms with van der Waals surface area (Å²) in [4.78, 5) is 0. The van der Waals surface area contributed by atoms with E-state index in [-0.39, 0.29) is 12.4 Å². The fourth-order valence-corrected chi connectivity index (χ4v) is 2.21. The summed E-state index contributed by atoms with van der Waals surface area (Å²) in [7, 11) is 0. The summed E-state index contributed by atoms with van der Waals surface area (Å²) >= 11 is 0. The predicted octanol–water partition coefficient (Wildman–Crippen LogP) is 4.67. The van der Waals surface area contributed by atoms with Crippen molar-refractivity contribution in [2.75, 3.05) is 13.2 Å². The molecule has 0 aliphatic rings. The summed E-state index contributed by atoms with van der Waals surface area (Å²) < 4.78 is 11.7. The molecule has 2 aromatic rings. The molecular weight excluding hydrogens is 322 g/mol. The molecule has 130 valence electrons. The summed E-state index contributed by atoms with van der Waals surface area (Å²) in [5.41, 5.74) is 3.56. The lowest BCUT2D eigenvalue weighted by atomic mass is 10.1. The smallest absolute Gasteiger partial charge is 0.161 e. The highest BCUT2D eigenvalue weighted by Gasteiger charge is 2.07. The minimum Gasteiger partial charge on any atom is -0.490 e. The molecule has 0 unspecified atom stereocenters. The van der Waals surface area contributed by atoms with Gasteiger partial charge in [0.15, 0.2) is 11.5 Å². The summed E-state index contributed by atoms with van der Waals surface area (Å²) in [6.45, 7) is 10.5. The Kier molecular flexibility index (Phi) is 8.98. The van der Waals surface area contributed by atoms with Gasteiger partial charge in [-0.15, -0.1) is 19.0 Å². The molecule has 3 nitrogen and oxygen atoms in total. The first-order chi connectivity index (χ1) is 11.2. The molecule has 2 rings (SSSR count). The zero-order chi connectivity index (χ0) is 16.5. The van der Waals surface area contributed by atoms with Gasteiger partial charge in [0, 0.05) is 13.1 Å². The molecule has 0 saturated heterocycles. The van der Waals surface area contributed by atoms with Gasteiger partial charge in [0.1, 0.15) is 6.61 Å². The maximum Gasteiger partial charge on any atom is 0.161 e. The first-order valence-electron chi connectivity index (χ1n) is 7.98. The lowest BCUT2D eigenvalue weighted by molar-refractivity contribution is 0.269. The van der Waals surface area contributed by atoms with E-state index in [4.69, 9.17) is 9.47 Å². The van der Waals surface area contributed by atoms with Crippen LogP contribution in [-0.4, -0.2) is 13.2 Å². The van der Waals surface area contributed by atoms with E-state index in [0.29, 0.717) is 13.2 Å². The summed E-state index contributed by atoms with van der Waals surface area (Å²) in [6, 6.07) is 14.4. The molecule has 2 aromatic carbocycles. The van der Waals surface area contributed by atoms with Crippen molar-refractivity contribution in [1.29, 1.82) is 0 Å². The average Bonchev–Trinajstić information content (AvgIpc) is 2.56. The highest BCUT2D eigenvalue weighted by atomic mass is 35.5. The van der Waals surface area contributed by atoms with Gasteiger partial charge >= 0.3 is 0 Å². The molecule has 0 radical (unpaired) electrons. The standard InChI is InChI=1S/C20H25NO2.ClH/c1-4-12-21-14-18-10-11-19(20(13-18)22-5-2)23-15-17-8-6-16(3)7-9-17;/h4,6-11,13,21H,1,5,12,14-15H2,2-3H3;1H. The van der Waals surface area contributed by atoms with Crippen molar-refractivity contribution in [1.82, 2.24) is 5.32 Å². The third kappa shape index (κ3) is 6.26. The Morgan fingerprint density at radius 1 is 1.00 bits per heavy atom. The fraction of sp³-hybridized carbons (Fsp3) is 0.300. The molecule has 0 aromatic heterocycles. The van der Waals surface area contributed by atoms with Crippen LogP contribution in [0.5, 0.6) is 11.5 Å². The summed E-state index contributed by atoms with van der Waals surface area (Å²) in [6.07, 6.45) is 1.85. The third-order valence-corrected chi connectivity index (χ3v) is 3.44. The number of benzene rings is 2. The van der Waals surface area contributed by atoms with E-state index < -0.39 is 0 Å². The highest BCUT2D eigenvalue weighted by Crippen LogP contribution is 2.29. The van der Waals surface area contributed by atoms with Gasteiger partial charge in [-0.1, -0.05) is 42.0 Å². The molecule has 4 heteroatoms.